The SMILES string of the molecule is COC(=O)CSc1nnc2n(Cc3ccccc3)c(=O)c3c4c(sc3n12)CCCC4. The van der Waals surface area contributed by atoms with E-state index in [-0.39, 0.29) is 17.3 Å². The molecule has 0 saturated carbocycles. The van der Waals surface area contributed by atoms with Crippen LogP contribution in [0.3, 0.4) is 0 Å². The van der Waals surface area contributed by atoms with E-state index >= 15 is 0 Å². The molecule has 154 valence electrons. The van der Waals surface area contributed by atoms with Crippen LogP contribution >= 0.6 is 23.1 Å². The molecule has 0 saturated heterocycles. The quantitative estimate of drug-likeness (QED) is 0.350. The highest BCUT2D eigenvalue weighted by Crippen LogP contribution is 2.36. The second kappa shape index (κ2) is 7.88. The van der Waals surface area contributed by atoms with Crippen LogP contribution in [0.25, 0.3) is 16.0 Å². The van der Waals surface area contributed by atoms with Gasteiger partial charge >= 0.3 is 5.97 Å². The molecular formula is C21H20N4O3S2. The average Bonchev–Trinajstić information content (AvgIpc) is 3.37. The van der Waals surface area contributed by atoms with Crippen LogP contribution in [0.2, 0.25) is 0 Å². The van der Waals surface area contributed by atoms with Gasteiger partial charge in [0.25, 0.3) is 5.56 Å². The number of thioether (sulfide) groups is 1. The van der Waals surface area contributed by atoms with Gasteiger partial charge in [-0.15, -0.1) is 21.5 Å². The number of carbonyl (C=O) groups is 1. The van der Waals surface area contributed by atoms with E-state index in [0.29, 0.717) is 17.5 Å². The molecule has 4 aromatic rings. The van der Waals surface area contributed by atoms with Crippen LogP contribution in [-0.4, -0.2) is 38.0 Å². The summed E-state index contributed by atoms with van der Waals surface area (Å²) in [5.41, 5.74) is 2.18. The number of esters is 1. The predicted molar refractivity (Wildman–Crippen MR) is 118 cm³/mol. The van der Waals surface area contributed by atoms with E-state index in [1.165, 1.54) is 29.3 Å². The Bertz CT molecular complexity index is 1310. The molecule has 30 heavy (non-hydrogen) atoms. The van der Waals surface area contributed by atoms with Gasteiger partial charge in [-0.3, -0.25) is 14.2 Å². The second-order valence-electron chi connectivity index (χ2n) is 7.25. The van der Waals surface area contributed by atoms with Crippen molar-refractivity contribution in [2.45, 2.75) is 37.4 Å². The number of fused-ring (bicyclic) bond motifs is 5. The molecule has 0 radical (unpaired) electrons. The van der Waals surface area contributed by atoms with Crippen LogP contribution in [-0.2, 0) is 28.9 Å². The zero-order valence-electron chi connectivity index (χ0n) is 16.5. The third-order valence-corrected chi connectivity index (χ3v) is 7.58. The zero-order valence-corrected chi connectivity index (χ0v) is 18.1. The zero-order chi connectivity index (χ0) is 20.7. The molecule has 7 nitrogen and oxygen atoms in total. The van der Waals surface area contributed by atoms with Crippen molar-refractivity contribution in [1.29, 1.82) is 0 Å². The maximum absolute atomic E-state index is 13.6. The van der Waals surface area contributed by atoms with Crippen LogP contribution in [0, 0.1) is 0 Å². The lowest BCUT2D eigenvalue weighted by atomic mass is 9.97. The molecule has 0 fully saturated rings. The van der Waals surface area contributed by atoms with Crippen LogP contribution in [0.5, 0.6) is 0 Å². The minimum absolute atomic E-state index is 0.0160. The van der Waals surface area contributed by atoms with Gasteiger partial charge in [0.05, 0.1) is 24.8 Å². The summed E-state index contributed by atoms with van der Waals surface area (Å²) in [6.07, 6.45) is 4.17. The summed E-state index contributed by atoms with van der Waals surface area (Å²) >= 11 is 2.93. The minimum Gasteiger partial charge on any atom is -0.468 e. The van der Waals surface area contributed by atoms with Gasteiger partial charge in [0, 0.05) is 4.88 Å². The molecule has 0 amide bonds. The first-order valence-corrected chi connectivity index (χ1v) is 11.6. The number of methoxy groups -OCH3 is 1. The van der Waals surface area contributed by atoms with Crippen molar-refractivity contribution in [2.24, 2.45) is 0 Å². The van der Waals surface area contributed by atoms with Crippen LogP contribution in [0.15, 0.2) is 40.3 Å². The van der Waals surface area contributed by atoms with Crippen LogP contribution in [0.4, 0.5) is 0 Å². The Labute approximate surface area is 180 Å². The van der Waals surface area contributed by atoms with Gasteiger partial charge in [-0.25, -0.2) is 4.40 Å². The number of benzene rings is 1. The van der Waals surface area contributed by atoms with Crippen molar-refractivity contribution >= 4 is 45.1 Å². The second-order valence-corrected chi connectivity index (χ2v) is 9.28. The Morgan fingerprint density at radius 3 is 2.80 bits per heavy atom. The summed E-state index contributed by atoms with van der Waals surface area (Å²) in [5, 5.41) is 10.0. The summed E-state index contributed by atoms with van der Waals surface area (Å²) < 4.78 is 8.41. The number of aromatic nitrogens is 4. The van der Waals surface area contributed by atoms with Crippen molar-refractivity contribution in [3.63, 3.8) is 0 Å². The molecule has 3 heterocycles. The molecule has 3 aromatic heterocycles. The summed E-state index contributed by atoms with van der Waals surface area (Å²) in [4.78, 5) is 27.4. The molecule has 0 unspecified atom stereocenters. The highest BCUT2D eigenvalue weighted by molar-refractivity contribution is 7.99. The third kappa shape index (κ3) is 3.22. The largest absolute Gasteiger partial charge is 0.468 e. The highest BCUT2D eigenvalue weighted by Gasteiger charge is 2.25. The maximum atomic E-state index is 13.6. The maximum Gasteiger partial charge on any atom is 0.316 e. The summed E-state index contributed by atoms with van der Waals surface area (Å²) in [6.45, 7) is 0.420. The average molecular weight is 441 g/mol. The lowest BCUT2D eigenvalue weighted by molar-refractivity contribution is -0.137. The van der Waals surface area contributed by atoms with Crippen molar-refractivity contribution in [3.8, 4) is 0 Å². The van der Waals surface area contributed by atoms with Crippen molar-refractivity contribution in [2.75, 3.05) is 12.9 Å². The predicted octanol–water partition coefficient (Wildman–Crippen LogP) is 3.30. The first-order chi connectivity index (χ1) is 14.7. The molecule has 1 aliphatic rings. The minimum atomic E-state index is -0.323. The first-order valence-electron chi connectivity index (χ1n) is 9.83. The van der Waals surface area contributed by atoms with E-state index in [1.54, 1.807) is 15.9 Å². The fraction of sp³-hybridized carbons (Fsp3) is 0.333. The van der Waals surface area contributed by atoms with Gasteiger partial charge in [0.15, 0.2) is 5.16 Å². The smallest absolute Gasteiger partial charge is 0.316 e. The van der Waals surface area contributed by atoms with E-state index in [1.807, 2.05) is 34.7 Å². The Kier molecular flexibility index (Phi) is 5.08. The summed E-state index contributed by atoms with van der Waals surface area (Å²) in [5.74, 6) is 0.320. The number of nitrogens with zero attached hydrogens (tertiary/aromatic N) is 4. The normalized spacial score (nSPS) is 13.6. The molecule has 0 bridgehead atoms. The number of thiophene rings is 1. The lowest BCUT2D eigenvalue weighted by Crippen LogP contribution is -2.24. The number of aryl methyl sites for hydroxylation is 2. The molecular weight excluding hydrogens is 420 g/mol. The number of carbonyl (C=O) groups excluding carboxylic acids is 1. The Morgan fingerprint density at radius 1 is 1.20 bits per heavy atom. The summed E-state index contributed by atoms with van der Waals surface area (Å²) in [6, 6.07) is 9.88. The van der Waals surface area contributed by atoms with E-state index in [4.69, 9.17) is 4.74 Å². The van der Waals surface area contributed by atoms with Crippen LogP contribution < -0.4 is 5.56 Å². The Balaban J connectivity index is 1.75. The molecule has 1 aliphatic carbocycles. The van der Waals surface area contributed by atoms with Gasteiger partial charge < -0.3 is 4.74 Å². The van der Waals surface area contributed by atoms with E-state index in [2.05, 4.69) is 10.2 Å². The lowest BCUT2D eigenvalue weighted by Gasteiger charge is -2.12. The Morgan fingerprint density at radius 2 is 2.00 bits per heavy atom. The Hall–Kier alpha value is -2.65. The van der Waals surface area contributed by atoms with Crippen molar-refractivity contribution < 1.29 is 9.53 Å². The van der Waals surface area contributed by atoms with Gasteiger partial charge in [-0.05, 0) is 36.8 Å². The first kappa shape index (κ1) is 19.3. The standard InChI is InChI=1S/C21H20N4O3S2/c1-28-16(26)12-29-21-23-22-20-24(11-13-7-3-2-4-8-13)18(27)17-14-9-5-6-10-15(14)30-19(17)25(20)21/h2-4,7-8H,5-6,9-12H2,1H3. The van der Waals surface area contributed by atoms with Gasteiger partial charge in [-0.2, -0.15) is 0 Å². The summed E-state index contributed by atoms with van der Waals surface area (Å²) in [7, 11) is 1.37. The molecule has 0 N–H and O–H groups in total. The van der Waals surface area contributed by atoms with E-state index in [0.717, 1.165) is 41.5 Å². The van der Waals surface area contributed by atoms with Gasteiger partial charge in [0.1, 0.15) is 4.83 Å². The molecule has 9 heteroatoms. The molecule has 0 spiro atoms. The molecule has 5 rings (SSSR count). The number of hydrogen-bond acceptors (Lipinski definition) is 7. The fourth-order valence-electron chi connectivity index (χ4n) is 3.95. The molecule has 0 atom stereocenters. The number of rotatable bonds is 5. The number of hydrogen-bond donors (Lipinski definition) is 0. The van der Waals surface area contributed by atoms with Gasteiger partial charge in [0.2, 0.25) is 5.78 Å². The number of ether oxygens (including phenoxy) is 1. The van der Waals surface area contributed by atoms with Crippen molar-refractivity contribution in [3.05, 3.63) is 56.7 Å². The molecule has 0 aliphatic heterocycles. The highest BCUT2D eigenvalue weighted by atomic mass is 32.2. The van der Waals surface area contributed by atoms with Crippen molar-refractivity contribution in [1.82, 2.24) is 19.2 Å². The van der Waals surface area contributed by atoms with Gasteiger partial charge in [-0.1, -0.05) is 42.1 Å². The topological polar surface area (TPSA) is 78.5 Å². The van der Waals surface area contributed by atoms with E-state index < -0.39 is 0 Å². The fourth-order valence-corrected chi connectivity index (χ4v) is 6.16. The third-order valence-electron chi connectivity index (χ3n) is 5.40. The molecule has 1 aromatic carbocycles. The van der Waals surface area contributed by atoms with E-state index in [9.17, 15) is 9.59 Å². The van der Waals surface area contributed by atoms with Crippen LogP contribution in [0.1, 0.15) is 28.8 Å². The monoisotopic (exact) mass is 440 g/mol.